The second kappa shape index (κ2) is 18.6. The number of hydrogen-bond donors (Lipinski definition) is 2. The minimum Gasteiger partial charge on any atom is -0.393 e. The van der Waals surface area contributed by atoms with Crippen LogP contribution in [0.5, 0.6) is 0 Å². The zero-order chi connectivity index (χ0) is 31.8. The van der Waals surface area contributed by atoms with Gasteiger partial charge in [-0.25, -0.2) is 0 Å². The summed E-state index contributed by atoms with van der Waals surface area (Å²) in [6.45, 7) is 20.9. The van der Waals surface area contributed by atoms with Crippen molar-refractivity contribution in [2.24, 2.45) is 5.41 Å². The molecule has 230 valence electrons. The van der Waals surface area contributed by atoms with E-state index in [-0.39, 0.29) is 11.5 Å². The molecule has 1 aliphatic rings. The summed E-state index contributed by atoms with van der Waals surface area (Å²) in [6, 6.07) is 0. The summed E-state index contributed by atoms with van der Waals surface area (Å²) in [5.74, 6) is 0. The molecule has 1 unspecified atom stereocenters. The first-order valence-electron chi connectivity index (χ1n) is 15.4. The van der Waals surface area contributed by atoms with Gasteiger partial charge >= 0.3 is 0 Å². The van der Waals surface area contributed by atoms with Crippen LogP contribution in [0.1, 0.15) is 101 Å². The van der Waals surface area contributed by atoms with Crippen molar-refractivity contribution in [2.45, 2.75) is 113 Å². The molecule has 0 aromatic heterocycles. The molecule has 0 amide bonds. The van der Waals surface area contributed by atoms with Crippen LogP contribution >= 0.6 is 0 Å². The van der Waals surface area contributed by atoms with Crippen molar-refractivity contribution in [1.82, 2.24) is 0 Å². The Labute approximate surface area is 258 Å². The van der Waals surface area contributed by atoms with Crippen molar-refractivity contribution >= 4 is 0 Å². The molecule has 0 spiro atoms. The Kier molecular flexibility index (Phi) is 16.4. The Morgan fingerprint density at radius 2 is 1.21 bits per heavy atom. The lowest BCUT2D eigenvalue weighted by molar-refractivity contribution is 0.0689. The maximum absolute atomic E-state index is 10.1. The molecule has 1 aliphatic carbocycles. The minimum atomic E-state index is -0.579. The Bertz CT molecular complexity index is 1200. The topological polar surface area (TPSA) is 40.5 Å². The quantitative estimate of drug-likeness (QED) is 0.204. The van der Waals surface area contributed by atoms with Crippen molar-refractivity contribution in [1.29, 1.82) is 0 Å². The normalized spacial score (nSPS) is 20.6. The fraction of sp³-hybridized carbons (Fsp3) is 0.450. The van der Waals surface area contributed by atoms with Crippen LogP contribution in [0.4, 0.5) is 0 Å². The highest BCUT2D eigenvalue weighted by Gasteiger charge is 2.31. The number of hydrogen-bond acceptors (Lipinski definition) is 2. The highest BCUT2D eigenvalue weighted by Crippen LogP contribution is 2.41. The molecule has 0 aromatic rings. The van der Waals surface area contributed by atoms with E-state index >= 15 is 0 Å². The van der Waals surface area contributed by atoms with Gasteiger partial charge in [0.1, 0.15) is 0 Å². The van der Waals surface area contributed by atoms with E-state index in [1.54, 1.807) is 0 Å². The van der Waals surface area contributed by atoms with E-state index in [1.165, 1.54) is 39.0 Å². The third kappa shape index (κ3) is 17.1. The van der Waals surface area contributed by atoms with E-state index in [0.717, 1.165) is 32.1 Å². The summed E-state index contributed by atoms with van der Waals surface area (Å²) in [6.07, 6.45) is 36.0. The number of aliphatic hydroxyl groups excluding tert-OH is 1. The molecule has 0 saturated heterocycles. The van der Waals surface area contributed by atoms with E-state index in [1.807, 2.05) is 13.8 Å². The van der Waals surface area contributed by atoms with Gasteiger partial charge in [-0.15, -0.1) is 0 Å². The van der Waals surface area contributed by atoms with Gasteiger partial charge in [-0.1, -0.05) is 138 Å². The molecular weight excluding hydrogens is 512 g/mol. The van der Waals surface area contributed by atoms with E-state index in [0.29, 0.717) is 0 Å². The maximum atomic E-state index is 10.1. The molecule has 0 aromatic carbocycles. The van der Waals surface area contributed by atoms with E-state index < -0.39 is 5.60 Å². The van der Waals surface area contributed by atoms with Crippen molar-refractivity contribution in [2.75, 3.05) is 0 Å². The zero-order valence-electron chi connectivity index (χ0n) is 28.2. The fourth-order valence-electron chi connectivity index (χ4n) is 4.98. The molecule has 0 radical (unpaired) electrons. The molecule has 0 fully saturated rings. The summed E-state index contributed by atoms with van der Waals surface area (Å²) >= 11 is 0. The molecule has 2 N–H and O–H groups in total. The second-order valence-corrected chi connectivity index (χ2v) is 13.3. The largest absolute Gasteiger partial charge is 0.393 e. The third-order valence-electron chi connectivity index (χ3n) is 7.35. The summed E-state index contributed by atoms with van der Waals surface area (Å²) in [4.78, 5) is 0. The van der Waals surface area contributed by atoms with Gasteiger partial charge in [0.25, 0.3) is 0 Å². The smallest absolute Gasteiger partial charge is 0.0591 e. The summed E-state index contributed by atoms with van der Waals surface area (Å²) in [5.41, 5.74) is 8.17. The van der Waals surface area contributed by atoms with Gasteiger partial charge in [-0.05, 0) is 98.5 Å². The van der Waals surface area contributed by atoms with Crippen molar-refractivity contribution < 1.29 is 10.2 Å². The van der Waals surface area contributed by atoms with E-state index in [4.69, 9.17) is 0 Å². The lowest BCUT2D eigenvalue weighted by atomic mass is 9.71. The van der Waals surface area contributed by atoms with Gasteiger partial charge in [-0.2, -0.15) is 0 Å². The van der Waals surface area contributed by atoms with Gasteiger partial charge in [0.2, 0.25) is 0 Å². The maximum Gasteiger partial charge on any atom is 0.0591 e. The van der Waals surface area contributed by atoms with Crippen LogP contribution in [0.25, 0.3) is 0 Å². The summed E-state index contributed by atoms with van der Waals surface area (Å²) in [5, 5.41) is 19.9. The molecule has 1 rings (SSSR count). The Morgan fingerprint density at radius 3 is 1.69 bits per heavy atom. The van der Waals surface area contributed by atoms with Crippen molar-refractivity contribution in [3.05, 3.63) is 130 Å². The standard InChI is InChI=1S/C40H58O2/c1-31(19-13-21-33(3)22-14-23-34(4)25-16-28-40(9,10)42)17-11-12-18-32(2)20-15-24-35(5)26-27-38-36(6)29-37(41)30-39(38,7)8/h11-15,17-24,26-27,37,41-42H,16,25,28-30H2,1-10H3. The minimum absolute atomic E-state index is 0.00635. The molecule has 2 heteroatoms. The molecule has 2 nitrogen and oxygen atoms in total. The number of aliphatic hydroxyl groups is 2. The molecule has 42 heavy (non-hydrogen) atoms. The van der Waals surface area contributed by atoms with Crippen LogP contribution < -0.4 is 0 Å². The second-order valence-electron chi connectivity index (χ2n) is 13.3. The van der Waals surface area contributed by atoms with Gasteiger partial charge in [0.05, 0.1) is 11.7 Å². The average Bonchev–Trinajstić information content (AvgIpc) is 2.84. The molecule has 0 saturated carbocycles. The first-order chi connectivity index (χ1) is 19.6. The van der Waals surface area contributed by atoms with Crippen LogP contribution in [0.3, 0.4) is 0 Å². The average molecular weight is 571 g/mol. The highest BCUT2D eigenvalue weighted by atomic mass is 16.3. The van der Waals surface area contributed by atoms with E-state index in [9.17, 15) is 10.2 Å². The molecule has 1 atom stereocenters. The fourth-order valence-corrected chi connectivity index (χ4v) is 4.98. The highest BCUT2D eigenvalue weighted by molar-refractivity contribution is 5.38. The molecule has 0 bridgehead atoms. The van der Waals surface area contributed by atoms with Crippen molar-refractivity contribution in [3.8, 4) is 0 Å². The third-order valence-corrected chi connectivity index (χ3v) is 7.35. The van der Waals surface area contributed by atoms with Gasteiger partial charge < -0.3 is 10.2 Å². The lowest BCUT2D eigenvalue weighted by Crippen LogP contribution is -2.28. The van der Waals surface area contributed by atoms with Crippen LogP contribution in [0.15, 0.2) is 130 Å². The Hall–Kier alpha value is -2.94. The van der Waals surface area contributed by atoms with Gasteiger partial charge in [-0.3, -0.25) is 0 Å². The first kappa shape index (κ1) is 37.1. The summed E-state index contributed by atoms with van der Waals surface area (Å²) in [7, 11) is 0. The van der Waals surface area contributed by atoms with Gasteiger partial charge in [0, 0.05) is 0 Å². The molecular formula is C40H58O2. The monoisotopic (exact) mass is 570 g/mol. The van der Waals surface area contributed by atoms with Crippen LogP contribution in [0, 0.1) is 5.41 Å². The summed E-state index contributed by atoms with van der Waals surface area (Å²) < 4.78 is 0. The van der Waals surface area contributed by atoms with Crippen LogP contribution in [0.2, 0.25) is 0 Å². The molecule has 0 aliphatic heterocycles. The predicted molar refractivity (Wildman–Crippen MR) is 186 cm³/mol. The van der Waals surface area contributed by atoms with E-state index in [2.05, 4.69) is 147 Å². The lowest BCUT2D eigenvalue weighted by Gasteiger charge is -2.35. The van der Waals surface area contributed by atoms with Crippen molar-refractivity contribution in [3.63, 3.8) is 0 Å². The first-order valence-corrected chi connectivity index (χ1v) is 15.4. The Balaban J connectivity index is 2.58. The molecule has 0 heterocycles. The van der Waals surface area contributed by atoms with Crippen LogP contribution in [-0.4, -0.2) is 21.9 Å². The van der Waals surface area contributed by atoms with Gasteiger partial charge in [0.15, 0.2) is 0 Å². The predicted octanol–water partition coefficient (Wildman–Crippen LogP) is 10.9. The number of allylic oxidation sites excluding steroid dienone is 21. The zero-order valence-corrected chi connectivity index (χ0v) is 28.2. The Morgan fingerprint density at radius 1 is 0.762 bits per heavy atom. The SMILES string of the molecule is CC(C=CC=C(C)C=CC=C(C)CCCC(C)(C)O)=CC=CC=C(C)C=CC=C(C)C=CC1=C(C)CC(O)CC1(C)C. The van der Waals surface area contributed by atoms with Crippen LogP contribution in [-0.2, 0) is 0 Å². The number of rotatable bonds is 14.